The molecule has 2 aromatic heterocycles. The molecule has 3 heterocycles. The van der Waals surface area contributed by atoms with Crippen molar-refractivity contribution in [3.05, 3.63) is 52.8 Å². The Labute approximate surface area is 149 Å². The Morgan fingerprint density at radius 3 is 2.80 bits per heavy atom. The molecule has 1 fully saturated rings. The molecule has 25 heavy (non-hydrogen) atoms. The van der Waals surface area contributed by atoms with Gasteiger partial charge in [0.1, 0.15) is 5.82 Å². The van der Waals surface area contributed by atoms with Crippen molar-refractivity contribution in [2.75, 3.05) is 18.0 Å². The molecule has 1 unspecified atom stereocenters. The van der Waals surface area contributed by atoms with Gasteiger partial charge in [-0.1, -0.05) is 11.6 Å². The van der Waals surface area contributed by atoms with E-state index in [0.717, 1.165) is 36.8 Å². The maximum absolute atomic E-state index is 12.3. The standard InChI is InChI=1S/C17H17ClN6O/c1-11-20-21-15-6-7-16(22-24(11)15)23-9-8-14(10-23)19-17(25)12-2-4-13(18)5-3-12/h2-7,14H,8-10H2,1H3,(H,19,25). The number of anilines is 1. The van der Waals surface area contributed by atoms with Crippen molar-refractivity contribution >= 4 is 29.0 Å². The average molecular weight is 357 g/mol. The van der Waals surface area contributed by atoms with Crippen LogP contribution in [0.4, 0.5) is 5.82 Å². The van der Waals surface area contributed by atoms with Crippen LogP contribution in [0.3, 0.4) is 0 Å². The summed E-state index contributed by atoms with van der Waals surface area (Å²) in [6.07, 6.45) is 0.875. The van der Waals surface area contributed by atoms with Gasteiger partial charge in [-0.3, -0.25) is 4.79 Å². The van der Waals surface area contributed by atoms with Gasteiger partial charge < -0.3 is 10.2 Å². The molecule has 1 saturated heterocycles. The van der Waals surface area contributed by atoms with Gasteiger partial charge in [-0.05, 0) is 49.7 Å². The molecule has 0 saturated carbocycles. The third-order valence-electron chi connectivity index (χ3n) is 4.36. The number of carbonyl (C=O) groups is 1. The first-order chi connectivity index (χ1) is 12.1. The summed E-state index contributed by atoms with van der Waals surface area (Å²) in [5.74, 6) is 1.53. The lowest BCUT2D eigenvalue weighted by Crippen LogP contribution is -2.37. The van der Waals surface area contributed by atoms with E-state index in [1.165, 1.54) is 0 Å². The molecule has 1 atom stereocenters. The molecule has 3 aromatic rings. The molecule has 128 valence electrons. The Hall–Kier alpha value is -2.67. The molecule has 0 bridgehead atoms. The van der Waals surface area contributed by atoms with Crippen LogP contribution in [0.2, 0.25) is 5.02 Å². The van der Waals surface area contributed by atoms with Gasteiger partial charge in [-0.15, -0.1) is 15.3 Å². The van der Waals surface area contributed by atoms with E-state index in [1.807, 2.05) is 19.1 Å². The summed E-state index contributed by atoms with van der Waals surface area (Å²) in [6, 6.07) is 10.8. The lowest BCUT2D eigenvalue weighted by atomic mass is 10.2. The summed E-state index contributed by atoms with van der Waals surface area (Å²) in [5.41, 5.74) is 1.34. The number of hydrogen-bond acceptors (Lipinski definition) is 5. The molecule has 1 aliphatic heterocycles. The summed E-state index contributed by atoms with van der Waals surface area (Å²) >= 11 is 5.86. The van der Waals surface area contributed by atoms with Crippen LogP contribution in [-0.4, -0.2) is 44.8 Å². The SMILES string of the molecule is Cc1nnc2ccc(N3CCC(NC(=O)c4ccc(Cl)cc4)C3)nn12. The molecular formula is C17H17ClN6O. The second-order valence-corrected chi connectivity index (χ2v) is 6.56. The molecule has 1 N–H and O–H groups in total. The van der Waals surface area contributed by atoms with E-state index in [2.05, 4.69) is 25.5 Å². The average Bonchev–Trinajstić information content (AvgIpc) is 3.22. The van der Waals surface area contributed by atoms with Gasteiger partial charge in [-0.2, -0.15) is 4.52 Å². The van der Waals surface area contributed by atoms with Gasteiger partial charge in [0.2, 0.25) is 0 Å². The topological polar surface area (TPSA) is 75.4 Å². The minimum absolute atomic E-state index is 0.0819. The third kappa shape index (κ3) is 3.15. The maximum Gasteiger partial charge on any atom is 0.251 e. The fourth-order valence-electron chi connectivity index (χ4n) is 3.01. The predicted molar refractivity (Wildman–Crippen MR) is 95.1 cm³/mol. The van der Waals surface area contributed by atoms with E-state index in [9.17, 15) is 4.79 Å². The van der Waals surface area contributed by atoms with Crippen molar-refractivity contribution in [3.8, 4) is 0 Å². The summed E-state index contributed by atoms with van der Waals surface area (Å²) in [4.78, 5) is 14.5. The highest BCUT2D eigenvalue weighted by atomic mass is 35.5. The summed E-state index contributed by atoms with van der Waals surface area (Å²) in [7, 11) is 0. The lowest BCUT2D eigenvalue weighted by molar-refractivity contribution is 0.0940. The van der Waals surface area contributed by atoms with Crippen molar-refractivity contribution in [1.82, 2.24) is 25.1 Å². The van der Waals surface area contributed by atoms with Gasteiger partial charge >= 0.3 is 0 Å². The zero-order valence-corrected chi connectivity index (χ0v) is 14.4. The number of benzene rings is 1. The fourth-order valence-corrected chi connectivity index (χ4v) is 3.14. The van der Waals surface area contributed by atoms with Crippen LogP contribution < -0.4 is 10.2 Å². The highest BCUT2D eigenvalue weighted by Gasteiger charge is 2.25. The molecule has 4 rings (SSSR count). The normalized spacial score (nSPS) is 17.2. The summed E-state index contributed by atoms with van der Waals surface area (Å²) in [5, 5.41) is 16.4. The van der Waals surface area contributed by atoms with Gasteiger partial charge in [-0.25, -0.2) is 0 Å². The van der Waals surface area contributed by atoms with E-state index >= 15 is 0 Å². The minimum Gasteiger partial charge on any atom is -0.353 e. The Balaban J connectivity index is 1.44. The van der Waals surface area contributed by atoms with Crippen LogP contribution in [0.5, 0.6) is 0 Å². The van der Waals surface area contributed by atoms with Crippen molar-refractivity contribution < 1.29 is 4.79 Å². The van der Waals surface area contributed by atoms with Gasteiger partial charge in [0.05, 0.1) is 0 Å². The third-order valence-corrected chi connectivity index (χ3v) is 4.61. The molecule has 0 spiro atoms. The summed E-state index contributed by atoms with van der Waals surface area (Å²) in [6.45, 7) is 3.43. The molecule has 8 heteroatoms. The zero-order chi connectivity index (χ0) is 17.4. The van der Waals surface area contributed by atoms with Gasteiger partial charge in [0.25, 0.3) is 5.91 Å². The maximum atomic E-state index is 12.3. The van der Waals surface area contributed by atoms with Gasteiger partial charge in [0, 0.05) is 29.7 Å². The van der Waals surface area contributed by atoms with Crippen molar-refractivity contribution in [2.45, 2.75) is 19.4 Å². The number of halogens is 1. The van der Waals surface area contributed by atoms with Crippen molar-refractivity contribution in [1.29, 1.82) is 0 Å². The molecule has 1 amide bonds. The Bertz CT molecular complexity index is 923. The summed E-state index contributed by atoms with van der Waals surface area (Å²) < 4.78 is 1.73. The van der Waals surface area contributed by atoms with E-state index in [0.29, 0.717) is 10.6 Å². The first kappa shape index (κ1) is 15.8. The van der Waals surface area contributed by atoms with Crippen LogP contribution >= 0.6 is 11.6 Å². The zero-order valence-electron chi connectivity index (χ0n) is 13.7. The van der Waals surface area contributed by atoms with Crippen LogP contribution in [0, 0.1) is 6.92 Å². The lowest BCUT2D eigenvalue weighted by Gasteiger charge is -2.18. The van der Waals surface area contributed by atoms with Crippen LogP contribution in [0.1, 0.15) is 22.6 Å². The molecule has 1 aromatic carbocycles. The second-order valence-electron chi connectivity index (χ2n) is 6.12. The number of nitrogens with one attached hydrogen (secondary N) is 1. The number of aromatic nitrogens is 4. The smallest absolute Gasteiger partial charge is 0.251 e. The fraction of sp³-hybridized carbons (Fsp3) is 0.294. The second kappa shape index (κ2) is 6.33. The molecule has 7 nitrogen and oxygen atoms in total. The number of carbonyl (C=O) groups excluding carboxylic acids is 1. The van der Waals surface area contributed by atoms with E-state index < -0.39 is 0 Å². The van der Waals surface area contributed by atoms with Gasteiger partial charge in [0.15, 0.2) is 11.5 Å². The Morgan fingerprint density at radius 1 is 1.20 bits per heavy atom. The van der Waals surface area contributed by atoms with Crippen LogP contribution in [0.25, 0.3) is 5.65 Å². The highest BCUT2D eigenvalue weighted by molar-refractivity contribution is 6.30. The predicted octanol–water partition coefficient (Wildman–Crippen LogP) is 2.09. The molecule has 0 radical (unpaired) electrons. The minimum atomic E-state index is -0.0819. The van der Waals surface area contributed by atoms with Crippen LogP contribution in [0.15, 0.2) is 36.4 Å². The van der Waals surface area contributed by atoms with Crippen LogP contribution in [-0.2, 0) is 0 Å². The Kier molecular flexibility index (Phi) is 4.01. The molecule has 1 aliphatic rings. The van der Waals surface area contributed by atoms with Crippen molar-refractivity contribution in [2.24, 2.45) is 0 Å². The number of fused-ring (bicyclic) bond motifs is 1. The van der Waals surface area contributed by atoms with E-state index in [4.69, 9.17) is 11.6 Å². The first-order valence-electron chi connectivity index (χ1n) is 8.10. The van der Waals surface area contributed by atoms with E-state index in [1.54, 1.807) is 28.8 Å². The number of amides is 1. The van der Waals surface area contributed by atoms with Crippen molar-refractivity contribution in [3.63, 3.8) is 0 Å². The number of hydrogen-bond donors (Lipinski definition) is 1. The number of nitrogens with zero attached hydrogens (tertiary/aromatic N) is 5. The first-order valence-corrected chi connectivity index (χ1v) is 8.48. The number of rotatable bonds is 3. The largest absolute Gasteiger partial charge is 0.353 e. The molecule has 0 aliphatic carbocycles. The quantitative estimate of drug-likeness (QED) is 0.777. The monoisotopic (exact) mass is 356 g/mol. The number of aryl methyl sites for hydroxylation is 1. The van der Waals surface area contributed by atoms with E-state index in [-0.39, 0.29) is 11.9 Å². The molecular weight excluding hydrogens is 340 g/mol. The highest BCUT2D eigenvalue weighted by Crippen LogP contribution is 2.19. The Morgan fingerprint density at radius 2 is 2.00 bits per heavy atom.